The molecule has 0 saturated heterocycles. The van der Waals surface area contributed by atoms with E-state index >= 15 is 0 Å². The molecule has 166 valence electrons. The van der Waals surface area contributed by atoms with Crippen molar-refractivity contribution in [2.45, 2.75) is 6.18 Å². The SMILES string of the molecule is CN(C)CCNc1cncc(-c2ccc3[nH]cc(-c4ccc(F)c(C(F)(F)F)c4)c3c2)n1. The molecular weight excluding hydrogens is 422 g/mol. The minimum absolute atomic E-state index is 0.271. The number of halogens is 4. The number of alkyl halides is 3. The first-order chi connectivity index (χ1) is 15.2. The number of hydrogen-bond donors (Lipinski definition) is 2. The van der Waals surface area contributed by atoms with E-state index in [1.807, 2.05) is 37.2 Å². The smallest absolute Gasteiger partial charge is 0.367 e. The molecule has 0 radical (unpaired) electrons. The summed E-state index contributed by atoms with van der Waals surface area (Å²) in [6, 6.07) is 8.55. The lowest BCUT2D eigenvalue weighted by molar-refractivity contribution is -0.139. The van der Waals surface area contributed by atoms with Crippen LogP contribution in [0.15, 0.2) is 55.0 Å². The van der Waals surface area contributed by atoms with Gasteiger partial charge in [0.15, 0.2) is 0 Å². The maximum absolute atomic E-state index is 13.7. The number of likely N-dealkylation sites (N-methyl/N-ethyl adjacent to an activating group) is 1. The number of H-pyrrole nitrogens is 1. The predicted molar refractivity (Wildman–Crippen MR) is 117 cm³/mol. The Balaban J connectivity index is 1.70. The number of nitrogens with one attached hydrogen (secondary N) is 2. The Labute approximate surface area is 182 Å². The number of rotatable bonds is 6. The van der Waals surface area contributed by atoms with Crippen molar-refractivity contribution in [3.8, 4) is 22.4 Å². The maximum Gasteiger partial charge on any atom is 0.419 e. The first-order valence-corrected chi connectivity index (χ1v) is 9.91. The molecule has 2 heterocycles. The van der Waals surface area contributed by atoms with Crippen LogP contribution in [-0.4, -0.2) is 47.0 Å². The van der Waals surface area contributed by atoms with E-state index in [-0.39, 0.29) is 5.56 Å². The Kier molecular flexibility index (Phi) is 5.84. The largest absolute Gasteiger partial charge is 0.419 e. The van der Waals surface area contributed by atoms with Crippen molar-refractivity contribution in [3.63, 3.8) is 0 Å². The number of nitrogens with zero attached hydrogens (tertiary/aromatic N) is 3. The van der Waals surface area contributed by atoms with Crippen molar-refractivity contribution < 1.29 is 17.6 Å². The second-order valence-corrected chi connectivity index (χ2v) is 7.67. The van der Waals surface area contributed by atoms with Crippen molar-refractivity contribution in [1.29, 1.82) is 0 Å². The summed E-state index contributed by atoms with van der Waals surface area (Å²) in [4.78, 5) is 13.9. The first kappa shape index (κ1) is 21.8. The summed E-state index contributed by atoms with van der Waals surface area (Å²) in [6.45, 7) is 1.54. The molecule has 0 aliphatic carbocycles. The number of aromatic amines is 1. The zero-order valence-corrected chi connectivity index (χ0v) is 17.5. The molecule has 4 rings (SSSR count). The zero-order chi connectivity index (χ0) is 22.9. The van der Waals surface area contributed by atoms with Crippen LogP contribution in [0.5, 0.6) is 0 Å². The highest BCUT2D eigenvalue weighted by Gasteiger charge is 2.34. The minimum atomic E-state index is -4.77. The molecule has 32 heavy (non-hydrogen) atoms. The van der Waals surface area contributed by atoms with E-state index < -0.39 is 17.6 Å². The fourth-order valence-electron chi connectivity index (χ4n) is 3.43. The molecule has 4 aromatic rings. The second kappa shape index (κ2) is 8.58. The van der Waals surface area contributed by atoms with Crippen LogP contribution >= 0.6 is 0 Å². The highest BCUT2D eigenvalue weighted by Crippen LogP contribution is 2.37. The van der Waals surface area contributed by atoms with Gasteiger partial charge in [-0.3, -0.25) is 4.98 Å². The molecule has 2 N–H and O–H groups in total. The van der Waals surface area contributed by atoms with Crippen molar-refractivity contribution in [1.82, 2.24) is 19.9 Å². The number of aromatic nitrogens is 3. The molecule has 0 atom stereocenters. The van der Waals surface area contributed by atoms with Gasteiger partial charge in [-0.15, -0.1) is 0 Å². The Morgan fingerprint density at radius 1 is 1.03 bits per heavy atom. The van der Waals surface area contributed by atoms with E-state index in [4.69, 9.17) is 0 Å². The average Bonchev–Trinajstić information content (AvgIpc) is 3.16. The van der Waals surface area contributed by atoms with Gasteiger partial charge in [-0.25, -0.2) is 9.37 Å². The third-order valence-corrected chi connectivity index (χ3v) is 5.06. The van der Waals surface area contributed by atoms with Crippen LogP contribution in [0.3, 0.4) is 0 Å². The molecule has 0 spiro atoms. The van der Waals surface area contributed by atoms with Crippen LogP contribution in [0.1, 0.15) is 5.56 Å². The molecule has 0 amide bonds. The third kappa shape index (κ3) is 4.57. The molecule has 0 unspecified atom stereocenters. The minimum Gasteiger partial charge on any atom is -0.367 e. The quantitative estimate of drug-likeness (QED) is 0.391. The van der Waals surface area contributed by atoms with Crippen LogP contribution in [0.25, 0.3) is 33.3 Å². The zero-order valence-electron chi connectivity index (χ0n) is 17.5. The van der Waals surface area contributed by atoms with Crippen LogP contribution in [0, 0.1) is 5.82 Å². The fourth-order valence-corrected chi connectivity index (χ4v) is 3.43. The number of fused-ring (bicyclic) bond motifs is 1. The Bertz CT molecular complexity index is 1250. The van der Waals surface area contributed by atoms with Gasteiger partial charge in [0.1, 0.15) is 11.6 Å². The Morgan fingerprint density at radius 3 is 2.56 bits per heavy atom. The standard InChI is InChI=1S/C23H21F4N5/c1-32(2)8-7-29-22-13-28-12-21(31-22)15-4-6-20-16(9-15)17(11-30-20)14-3-5-19(24)18(10-14)23(25,26)27/h3-6,9-13,30H,7-8H2,1-2H3,(H,29,31). The summed E-state index contributed by atoms with van der Waals surface area (Å²) in [5, 5.41) is 3.92. The van der Waals surface area contributed by atoms with Crippen molar-refractivity contribution in [2.75, 3.05) is 32.5 Å². The lowest BCUT2D eigenvalue weighted by Crippen LogP contribution is -2.21. The molecule has 0 aliphatic heterocycles. The summed E-state index contributed by atoms with van der Waals surface area (Å²) >= 11 is 0. The molecule has 0 fully saturated rings. The summed E-state index contributed by atoms with van der Waals surface area (Å²) in [5.41, 5.74) is 1.66. The summed E-state index contributed by atoms with van der Waals surface area (Å²) in [6.07, 6.45) is 0.112. The van der Waals surface area contributed by atoms with Gasteiger partial charge in [0.05, 0.1) is 23.7 Å². The molecular formula is C23H21F4N5. The van der Waals surface area contributed by atoms with Gasteiger partial charge >= 0.3 is 6.18 Å². The normalized spacial score (nSPS) is 12.0. The van der Waals surface area contributed by atoms with Crippen molar-refractivity contribution in [2.24, 2.45) is 0 Å². The summed E-state index contributed by atoms with van der Waals surface area (Å²) in [5.74, 6) is -0.664. The molecule has 5 nitrogen and oxygen atoms in total. The highest BCUT2D eigenvalue weighted by atomic mass is 19.4. The van der Waals surface area contributed by atoms with Crippen LogP contribution in [-0.2, 0) is 6.18 Å². The number of hydrogen-bond acceptors (Lipinski definition) is 4. The third-order valence-electron chi connectivity index (χ3n) is 5.06. The maximum atomic E-state index is 13.7. The lowest BCUT2D eigenvalue weighted by atomic mass is 10.00. The molecule has 0 saturated carbocycles. The topological polar surface area (TPSA) is 56.8 Å². The van der Waals surface area contributed by atoms with E-state index in [1.165, 1.54) is 6.07 Å². The monoisotopic (exact) mass is 443 g/mol. The molecule has 2 aromatic carbocycles. The van der Waals surface area contributed by atoms with Gasteiger partial charge in [-0.05, 0) is 43.9 Å². The van der Waals surface area contributed by atoms with Crippen LogP contribution < -0.4 is 5.32 Å². The van der Waals surface area contributed by atoms with Gasteiger partial charge in [-0.2, -0.15) is 13.2 Å². The van der Waals surface area contributed by atoms with Crippen molar-refractivity contribution in [3.05, 3.63) is 66.4 Å². The van der Waals surface area contributed by atoms with Crippen molar-refractivity contribution >= 4 is 16.7 Å². The fraction of sp³-hybridized carbons (Fsp3) is 0.217. The number of anilines is 1. The Morgan fingerprint density at radius 2 is 1.81 bits per heavy atom. The average molecular weight is 443 g/mol. The van der Waals surface area contributed by atoms with E-state index in [9.17, 15) is 17.6 Å². The van der Waals surface area contributed by atoms with E-state index in [0.29, 0.717) is 29.0 Å². The predicted octanol–water partition coefficient (Wildman–Crippen LogP) is 5.42. The van der Waals surface area contributed by atoms with Crippen LogP contribution in [0.4, 0.5) is 23.4 Å². The van der Waals surface area contributed by atoms with E-state index in [1.54, 1.807) is 18.6 Å². The van der Waals surface area contributed by atoms with Gasteiger partial charge in [-0.1, -0.05) is 12.1 Å². The molecule has 9 heteroatoms. The summed E-state index contributed by atoms with van der Waals surface area (Å²) in [7, 11) is 3.96. The Hall–Kier alpha value is -3.46. The van der Waals surface area contributed by atoms with E-state index in [2.05, 4.69) is 20.3 Å². The highest BCUT2D eigenvalue weighted by molar-refractivity contribution is 5.97. The second-order valence-electron chi connectivity index (χ2n) is 7.67. The van der Waals surface area contributed by atoms with Gasteiger partial charge < -0.3 is 15.2 Å². The van der Waals surface area contributed by atoms with Gasteiger partial charge in [0.2, 0.25) is 0 Å². The molecule has 0 bridgehead atoms. The summed E-state index contributed by atoms with van der Waals surface area (Å²) < 4.78 is 53.2. The number of benzene rings is 2. The van der Waals surface area contributed by atoms with Gasteiger partial charge in [0.25, 0.3) is 0 Å². The van der Waals surface area contributed by atoms with Gasteiger partial charge in [0, 0.05) is 41.3 Å². The van der Waals surface area contributed by atoms with E-state index in [0.717, 1.165) is 29.8 Å². The van der Waals surface area contributed by atoms with Crippen LogP contribution in [0.2, 0.25) is 0 Å². The molecule has 2 aromatic heterocycles. The lowest BCUT2D eigenvalue weighted by Gasteiger charge is -2.11. The molecule has 0 aliphatic rings. The first-order valence-electron chi connectivity index (χ1n) is 9.91.